The summed E-state index contributed by atoms with van der Waals surface area (Å²) in [5.41, 5.74) is 4.08. The summed E-state index contributed by atoms with van der Waals surface area (Å²) in [7, 11) is 3.31. The Hall–Kier alpha value is -2.07. The molecule has 20 heavy (non-hydrogen) atoms. The zero-order valence-electron chi connectivity index (χ0n) is 11.3. The Kier molecular flexibility index (Phi) is 3.32. The van der Waals surface area contributed by atoms with Gasteiger partial charge in [-0.25, -0.2) is 0 Å². The van der Waals surface area contributed by atoms with Gasteiger partial charge in [-0.2, -0.15) is 0 Å². The van der Waals surface area contributed by atoms with Crippen LogP contribution in [0.25, 0.3) is 11.1 Å². The number of hydrogen-bond acceptors (Lipinski definition) is 4. The van der Waals surface area contributed by atoms with E-state index >= 15 is 0 Å². The lowest BCUT2D eigenvalue weighted by Crippen LogP contribution is -2.01. The molecule has 1 aliphatic heterocycles. The van der Waals surface area contributed by atoms with Crippen molar-refractivity contribution in [2.75, 3.05) is 14.2 Å². The van der Waals surface area contributed by atoms with Crippen LogP contribution in [0.3, 0.4) is 0 Å². The standard InChI is InChI=1S/C16H14O3S/c1-17-11-4-3-10-9-19-16(20)13-6-5-12(18-2)8-15(13)14(10)7-11/h3-8H,9H2,1-2H3. The van der Waals surface area contributed by atoms with Crippen molar-refractivity contribution >= 4 is 17.3 Å². The second kappa shape index (κ2) is 5.13. The fraction of sp³-hybridized carbons (Fsp3) is 0.188. The second-order valence-corrected chi connectivity index (χ2v) is 4.88. The molecule has 0 unspecified atom stereocenters. The SMILES string of the molecule is COc1ccc2c(c1)-c1cc(OC)ccc1C(=S)OC2. The fourth-order valence-electron chi connectivity index (χ4n) is 2.33. The highest BCUT2D eigenvalue weighted by atomic mass is 32.1. The second-order valence-electron chi connectivity index (χ2n) is 4.51. The molecule has 0 bridgehead atoms. The monoisotopic (exact) mass is 286 g/mol. The molecule has 0 fully saturated rings. The summed E-state index contributed by atoms with van der Waals surface area (Å²) in [6.45, 7) is 0.467. The first-order valence-corrected chi connectivity index (χ1v) is 6.66. The summed E-state index contributed by atoms with van der Waals surface area (Å²) in [5.74, 6) is 1.60. The Labute approximate surface area is 123 Å². The zero-order valence-corrected chi connectivity index (χ0v) is 12.1. The van der Waals surface area contributed by atoms with E-state index in [0.29, 0.717) is 11.7 Å². The molecule has 2 aromatic rings. The quantitative estimate of drug-likeness (QED) is 0.789. The Bertz CT molecular complexity index is 679. The molecule has 0 radical (unpaired) electrons. The number of hydrogen-bond donors (Lipinski definition) is 0. The van der Waals surface area contributed by atoms with Gasteiger partial charge in [0.25, 0.3) is 0 Å². The van der Waals surface area contributed by atoms with E-state index < -0.39 is 0 Å². The lowest BCUT2D eigenvalue weighted by molar-refractivity contribution is 0.304. The van der Waals surface area contributed by atoms with Gasteiger partial charge in [-0.3, -0.25) is 0 Å². The van der Waals surface area contributed by atoms with Crippen molar-refractivity contribution < 1.29 is 14.2 Å². The van der Waals surface area contributed by atoms with E-state index in [9.17, 15) is 0 Å². The van der Waals surface area contributed by atoms with E-state index in [2.05, 4.69) is 0 Å². The van der Waals surface area contributed by atoms with Crippen LogP contribution in [0.15, 0.2) is 36.4 Å². The summed E-state index contributed by atoms with van der Waals surface area (Å²) in [4.78, 5) is 0. The van der Waals surface area contributed by atoms with E-state index in [0.717, 1.165) is 33.8 Å². The van der Waals surface area contributed by atoms with Gasteiger partial charge in [0.15, 0.2) is 5.05 Å². The lowest BCUT2D eigenvalue weighted by Gasteiger charge is -2.11. The van der Waals surface area contributed by atoms with E-state index in [-0.39, 0.29) is 0 Å². The van der Waals surface area contributed by atoms with Crippen LogP contribution in [0.2, 0.25) is 0 Å². The maximum absolute atomic E-state index is 5.65. The van der Waals surface area contributed by atoms with Gasteiger partial charge in [0.2, 0.25) is 0 Å². The number of ether oxygens (including phenoxy) is 3. The minimum absolute atomic E-state index is 0.467. The van der Waals surface area contributed by atoms with Gasteiger partial charge < -0.3 is 14.2 Å². The van der Waals surface area contributed by atoms with E-state index in [4.69, 9.17) is 26.4 Å². The molecule has 0 amide bonds. The smallest absolute Gasteiger partial charge is 0.192 e. The molecular formula is C16H14O3S. The molecule has 0 N–H and O–H groups in total. The first-order valence-electron chi connectivity index (χ1n) is 6.25. The third-order valence-electron chi connectivity index (χ3n) is 3.41. The topological polar surface area (TPSA) is 27.7 Å². The minimum Gasteiger partial charge on any atom is -0.497 e. The molecular weight excluding hydrogens is 272 g/mol. The van der Waals surface area contributed by atoms with Gasteiger partial charge in [-0.1, -0.05) is 6.07 Å². The molecule has 0 spiro atoms. The third-order valence-corrected chi connectivity index (χ3v) is 3.75. The van der Waals surface area contributed by atoms with Gasteiger partial charge in [0.05, 0.1) is 14.2 Å². The molecule has 1 heterocycles. The van der Waals surface area contributed by atoms with Crippen LogP contribution in [-0.2, 0) is 11.3 Å². The molecule has 1 aliphatic rings. The molecule has 0 saturated heterocycles. The molecule has 0 atom stereocenters. The first kappa shape index (κ1) is 12.9. The van der Waals surface area contributed by atoms with Crippen LogP contribution < -0.4 is 9.47 Å². The maximum atomic E-state index is 5.65. The third kappa shape index (κ3) is 2.12. The van der Waals surface area contributed by atoms with Gasteiger partial charge in [-0.05, 0) is 59.2 Å². The van der Waals surface area contributed by atoms with E-state index in [1.165, 1.54) is 0 Å². The van der Waals surface area contributed by atoms with Crippen LogP contribution in [0, 0.1) is 0 Å². The van der Waals surface area contributed by atoms with Gasteiger partial charge >= 0.3 is 0 Å². The lowest BCUT2D eigenvalue weighted by atomic mass is 9.96. The van der Waals surface area contributed by atoms with Crippen LogP contribution >= 0.6 is 12.2 Å². The van der Waals surface area contributed by atoms with E-state index in [1.807, 2.05) is 36.4 Å². The van der Waals surface area contributed by atoms with Crippen LogP contribution in [0.5, 0.6) is 11.5 Å². The number of methoxy groups -OCH3 is 2. The van der Waals surface area contributed by atoms with Crippen LogP contribution in [-0.4, -0.2) is 19.3 Å². The predicted octanol–water partition coefficient (Wildman–Crippen LogP) is 3.58. The van der Waals surface area contributed by atoms with Crippen molar-refractivity contribution in [3.63, 3.8) is 0 Å². The zero-order chi connectivity index (χ0) is 14.1. The minimum atomic E-state index is 0.467. The molecule has 0 aromatic heterocycles. The summed E-state index contributed by atoms with van der Waals surface area (Å²) in [5, 5.41) is 0.512. The molecule has 2 aromatic carbocycles. The van der Waals surface area contributed by atoms with Crippen molar-refractivity contribution in [1.29, 1.82) is 0 Å². The van der Waals surface area contributed by atoms with Crippen molar-refractivity contribution in [3.8, 4) is 22.6 Å². The van der Waals surface area contributed by atoms with Gasteiger partial charge in [0, 0.05) is 5.56 Å². The molecule has 3 rings (SSSR count). The summed E-state index contributed by atoms with van der Waals surface area (Å²) in [6.07, 6.45) is 0. The average Bonchev–Trinajstić information content (AvgIpc) is 2.64. The normalized spacial score (nSPS) is 12.8. The maximum Gasteiger partial charge on any atom is 0.192 e. The number of fused-ring (bicyclic) bond motifs is 3. The van der Waals surface area contributed by atoms with E-state index in [1.54, 1.807) is 14.2 Å². The Morgan fingerprint density at radius 3 is 2.25 bits per heavy atom. The molecule has 0 saturated carbocycles. The van der Waals surface area contributed by atoms with Gasteiger partial charge in [0.1, 0.15) is 18.1 Å². The molecule has 3 nitrogen and oxygen atoms in total. The van der Waals surface area contributed by atoms with Crippen molar-refractivity contribution in [3.05, 3.63) is 47.5 Å². The first-order chi connectivity index (χ1) is 9.72. The molecule has 0 aliphatic carbocycles. The Morgan fingerprint density at radius 2 is 1.55 bits per heavy atom. The van der Waals surface area contributed by atoms with Crippen molar-refractivity contribution in [2.24, 2.45) is 0 Å². The number of rotatable bonds is 2. The molecule has 4 heteroatoms. The summed E-state index contributed by atoms with van der Waals surface area (Å²) in [6, 6.07) is 11.7. The number of thiocarbonyl (C=S) groups is 1. The average molecular weight is 286 g/mol. The fourth-order valence-corrected chi connectivity index (χ4v) is 2.57. The van der Waals surface area contributed by atoms with Gasteiger partial charge in [-0.15, -0.1) is 0 Å². The highest BCUT2D eigenvalue weighted by molar-refractivity contribution is 7.80. The Balaban J connectivity index is 2.27. The van der Waals surface area contributed by atoms with Crippen molar-refractivity contribution in [2.45, 2.75) is 6.61 Å². The summed E-state index contributed by atoms with van der Waals surface area (Å²) >= 11 is 5.34. The van der Waals surface area contributed by atoms with Crippen LogP contribution in [0.4, 0.5) is 0 Å². The largest absolute Gasteiger partial charge is 0.497 e. The van der Waals surface area contributed by atoms with Crippen LogP contribution in [0.1, 0.15) is 11.1 Å². The molecule has 102 valence electrons. The highest BCUT2D eigenvalue weighted by Crippen LogP contribution is 2.36. The predicted molar refractivity (Wildman–Crippen MR) is 81.5 cm³/mol. The highest BCUT2D eigenvalue weighted by Gasteiger charge is 2.20. The van der Waals surface area contributed by atoms with Crippen molar-refractivity contribution in [1.82, 2.24) is 0 Å². The Morgan fingerprint density at radius 1 is 0.900 bits per heavy atom. The number of benzene rings is 2. The summed E-state index contributed by atoms with van der Waals surface area (Å²) < 4.78 is 16.3.